The van der Waals surface area contributed by atoms with E-state index in [0.29, 0.717) is 37.2 Å². The van der Waals surface area contributed by atoms with Gasteiger partial charge in [0.25, 0.3) is 0 Å². The Hall–Kier alpha value is -1.73. The van der Waals surface area contributed by atoms with Crippen LogP contribution in [0.3, 0.4) is 0 Å². The van der Waals surface area contributed by atoms with Gasteiger partial charge >= 0.3 is 0 Å². The van der Waals surface area contributed by atoms with Crippen LogP contribution in [0.2, 0.25) is 15.1 Å². The number of hydrogen-bond acceptors (Lipinski definition) is 3. The molecule has 5 nitrogen and oxygen atoms in total. The van der Waals surface area contributed by atoms with Crippen LogP contribution in [0, 0.1) is 5.92 Å². The quantitative estimate of drug-likeness (QED) is 0.597. The lowest BCUT2D eigenvalue weighted by atomic mass is 9.80. The van der Waals surface area contributed by atoms with E-state index < -0.39 is 17.7 Å². The maximum atomic E-state index is 13.1. The molecule has 1 amide bonds. The lowest BCUT2D eigenvalue weighted by Crippen LogP contribution is -2.70. The van der Waals surface area contributed by atoms with Crippen LogP contribution in [-0.4, -0.2) is 16.7 Å². The van der Waals surface area contributed by atoms with Crippen molar-refractivity contribution >= 4 is 63.7 Å². The summed E-state index contributed by atoms with van der Waals surface area (Å²) < 4.78 is 6.13. The largest absolute Gasteiger partial charge is 0.466 e. The van der Waals surface area contributed by atoms with Crippen LogP contribution in [0.5, 0.6) is 5.75 Å². The molecule has 2 aromatic carbocycles. The number of hydrogen-bond donors (Lipinski definition) is 3. The molecule has 2 aliphatic heterocycles. The number of amides is 1. The van der Waals surface area contributed by atoms with Gasteiger partial charge in [-0.25, -0.2) is 0 Å². The smallest absolute Gasteiger partial charge is 0.236 e. The van der Waals surface area contributed by atoms with Crippen molar-refractivity contribution in [3.63, 3.8) is 0 Å². The van der Waals surface area contributed by atoms with Gasteiger partial charge in [-0.1, -0.05) is 34.8 Å². The number of benzene rings is 2. The Morgan fingerprint density at radius 3 is 2.59 bits per heavy atom. The van der Waals surface area contributed by atoms with Crippen LogP contribution in [-0.2, 0) is 4.79 Å². The van der Waals surface area contributed by atoms with E-state index >= 15 is 0 Å². The topological polar surface area (TPSA) is 62.4 Å². The first-order chi connectivity index (χ1) is 12.8. The van der Waals surface area contributed by atoms with Crippen molar-refractivity contribution in [1.82, 2.24) is 10.6 Å². The van der Waals surface area contributed by atoms with Crippen LogP contribution in [0.4, 0.5) is 5.69 Å². The van der Waals surface area contributed by atoms with Gasteiger partial charge in [-0.3, -0.25) is 4.79 Å². The highest BCUT2D eigenvalue weighted by Crippen LogP contribution is 2.49. The van der Waals surface area contributed by atoms with Crippen molar-refractivity contribution in [3.05, 3.63) is 57.0 Å². The van der Waals surface area contributed by atoms with Crippen molar-refractivity contribution in [2.45, 2.75) is 18.7 Å². The molecular weight excluding hydrogens is 429 g/mol. The number of carbonyl (C=O) groups excluding carboxylic acids is 1. The zero-order chi connectivity index (χ0) is 19.3. The molecule has 4 rings (SSSR count). The van der Waals surface area contributed by atoms with Crippen molar-refractivity contribution in [2.75, 3.05) is 5.32 Å². The Kier molecular flexibility index (Phi) is 4.63. The van der Waals surface area contributed by atoms with Gasteiger partial charge in [0, 0.05) is 21.3 Å². The summed E-state index contributed by atoms with van der Waals surface area (Å²) in [7, 11) is 0. The highest BCUT2D eigenvalue weighted by Gasteiger charge is 2.55. The number of carbonyl (C=O) groups is 1. The first-order valence-electron chi connectivity index (χ1n) is 8.10. The van der Waals surface area contributed by atoms with Gasteiger partial charge in [0.2, 0.25) is 5.91 Å². The van der Waals surface area contributed by atoms with E-state index in [4.69, 9.17) is 51.8 Å². The highest BCUT2D eigenvalue weighted by molar-refractivity contribution is 7.80. The van der Waals surface area contributed by atoms with Gasteiger partial charge < -0.3 is 20.7 Å². The average molecular weight is 443 g/mol. The number of rotatable bonds is 2. The van der Waals surface area contributed by atoms with Gasteiger partial charge in [0.1, 0.15) is 11.7 Å². The Labute approximate surface area is 176 Å². The van der Waals surface area contributed by atoms with Crippen LogP contribution >= 0.6 is 47.0 Å². The Morgan fingerprint density at radius 1 is 1.19 bits per heavy atom. The van der Waals surface area contributed by atoms with E-state index in [1.807, 2.05) is 0 Å². The molecule has 0 spiro atoms. The molecule has 0 unspecified atom stereocenters. The van der Waals surface area contributed by atoms with Crippen LogP contribution < -0.4 is 20.7 Å². The summed E-state index contributed by atoms with van der Waals surface area (Å²) in [6.45, 7) is 1.77. The minimum Gasteiger partial charge on any atom is -0.466 e. The number of anilines is 1. The summed E-state index contributed by atoms with van der Waals surface area (Å²) in [5, 5.41) is 10.9. The standard InChI is InChI=1S/C18H14Cl3N3O2S/c1-18-13(16(25)22-10-4-2-8(19)3-5-10)14(23-17(27)24-18)11-6-9(20)7-12(21)15(11)26-18/h2-7,13-14H,1H3,(H,22,25)(H2,23,24,27)/t13-,14-,18+/m0/s1. The predicted molar refractivity (Wildman–Crippen MR) is 111 cm³/mol. The molecule has 2 bridgehead atoms. The van der Waals surface area contributed by atoms with Gasteiger partial charge in [0.05, 0.1) is 11.1 Å². The zero-order valence-corrected chi connectivity index (χ0v) is 17.1. The van der Waals surface area contributed by atoms with E-state index in [9.17, 15) is 4.79 Å². The second kappa shape index (κ2) is 6.71. The second-order valence-corrected chi connectivity index (χ2v) is 8.25. The number of thiocarbonyl (C=S) groups is 1. The van der Waals surface area contributed by atoms with Crippen molar-refractivity contribution < 1.29 is 9.53 Å². The minimum atomic E-state index is -1.08. The minimum absolute atomic E-state index is 0.242. The monoisotopic (exact) mass is 441 g/mol. The fraction of sp³-hybridized carbons (Fsp3) is 0.222. The summed E-state index contributed by atoms with van der Waals surface area (Å²) >= 11 is 23.7. The molecule has 140 valence electrons. The molecular formula is C18H14Cl3N3O2S. The fourth-order valence-electron chi connectivity index (χ4n) is 3.51. The molecule has 1 fully saturated rings. The zero-order valence-electron chi connectivity index (χ0n) is 14.0. The molecule has 0 radical (unpaired) electrons. The predicted octanol–water partition coefficient (Wildman–Crippen LogP) is 4.53. The third-order valence-corrected chi connectivity index (χ3v) is 5.63. The Bertz CT molecular complexity index is 954. The summed E-state index contributed by atoms with van der Waals surface area (Å²) in [6.07, 6.45) is 0. The van der Waals surface area contributed by atoms with Gasteiger partial charge in [-0.15, -0.1) is 0 Å². The van der Waals surface area contributed by atoms with E-state index in [1.54, 1.807) is 43.3 Å². The third-order valence-electron chi connectivity index (χ3n) is 4.66. The average Bonchev–Trinajstić information content (AvgIpc) is 2.57. The Balaban J connectivity index is 1.74. The van der Waals surface area contributed by atoms with Gasteiger partial charge in [-0.2, -0.15) is 0 Å². The first kappa shape index (κ1) is 18.6. The highest BCUT2D eigenvalue weighted by atomic mass is 35.5. The summed E-state index contributed by atoms with van der Waals surface area (Å²) in [6, 6.07) is 9.76. The van der Waals surface area contributed by atoms with Crippen LogP contribution in [0.1, 0.15) is 18.5 Å². The van der Waals surface area contributed by atoms with Crippen LogP contribution in [0.15, 0.2) is 36.4 Å². The fourth-order valence-corrected chi connectivity index (χ4v) is 4.52. The van der Waals surface area contributed by atoms with Crippen molar-refractivity contribution in [1.29, 1.82) is 0 Å². The SMILES string of the molecule is C[C@@]12NC(=S)N[C@@H](c3cc(Cl)cc(Cl)c3O1)[C@H]2C(=O)Nc1ccc(Cl)cc1. The van der Waals surface area contributed by atoms with E-state index in [0.717, 1.165) is 0 Å². The van der Waals surface area contributed by atoms with Crippen molar-refractivity contribution in [3.8, 4) is 5.75 Å². The Morgan fingerprint density at radius 2 is 1.89 bits per heavy atom. The van der Waals surface area contributed by atoms with Crippen molar-refractivity contribution in [2.24, 2.45) is 5.92 Å². The molecule has 0 saturated carbocycles. The summed E-state index contributed by atoms with van der Waals surface area (Å²) in [5.74, 6) is -0.400. The number of halogens is 3. The number of nitrogens with one attached hydrogen (secondary N) is 3. The lowest BCUT2D eigenvalue weighted by molar-refractivity contribution is -0.132. The second-order valence-electron chi connectivity index (χ2n) is 6.57. The molecule has 9 heteroatoms. The van der Waals surface area contributed by atoms with E-state index in [2.05, 4.69) is 16.0 Å². The third kappa shape index (κ3) is 3.31. The van der Waals surface area contributed by atoms with E-state index in [1.165, 1.54) is 0 Å². The molecule has 1 saturated heterocycles. The van der Waals surface area contributed by atoms with Crippen LogP contribution in [0.25, 0.3) is 0 Å². The molecule has 0 aromatic heterocycles. The van der Waals surface area contributed by atoms with Gasteiger partial charge in [-0.05, 0) is 55.5 Å². The molecule has 2 aromatic rings. The molecule has 2 aliphatic rings. The maximum Gasteiger partial charge on any atom is 0.236 e. The maximum absolute atomic E-state index is 13.1. The number of fused-ring (bicyclic) bond motifs is 4. The van der Waals surface area contributed by atoms with E-state index in [-0.39, 0.29) is 5.91 Å². The van der Waals surface area contributed by atoms with Gasteiger partial charge in [0.15, 0.2) is 10.8 Å². The lowest BCUT2D eigenvalue weighted by Gasteiger charge is -2.50. The normalized spacial score (nSPS) is 25.6. The molecule has 2 heterocycles. The summed E-state index contributed by atoms with van der Waals surface area (Å²) in [4.78, 5) is 13.1. The molecule has 27 heavy (non-hydrogen) atoms. The first-order valence-corrected chi connectivity index (χ1v) is 9.64. The summed E-state index contributed by atoms with van der Waals surface area (Å²) in [5.41, 5.74) is 0.238. The number of ether oxygens (including phenoxy) is 1. The molecule has 3 atom stereocenters. The molecule has 0 aliphatic carbocycles. The molecule has 3 N–H and O–H groups in total.